The largest absolute Gasteiger partial charge is 0.478 e. The minimum Gasteiger partial charge on any atom is -0.478 e. The number of anilines is 1. The van der Waals surface area contributed by atoms with Crippen LogP contribution in [0.5, 0.6) is 0 Å². The van der Waals surface area contributed by atoms with Crippen LogP contribution in [0.4, 0.5) is 36.4 Å². The quantitative estimate of drug-likeness (QED) is 0.532. The number of hydrogen-bond donors (Lipinski definition) is 2. The first-order valence-electron chi connectivity index (χ1n) is 8.36. The van der Waals surface area contributed by atoms with E-state index in [9.17, 15) is 35.5 Å². The molecule has 3 rings (SSSR count). The first kappa shape index (κ1) is 22.3. The third-order valence-electron chi connectivity index (χ3n) is 4.66. The van der Waals surface area contributed by atoms with Crippen molar-refractivity contribution in [3.8, 4) is 0 Å². The lowest BCUT2D eigenvalue weighted by Crippen LogP contribution is -2.44. The van der Waals surface area contributed by atoms with Crippen LogP contribution < -0.4 is 5.73 Å². The molecule has 0 fully saturated rings. The fourth-order valence-corrected chi connectivity index (χ4v) is 3.10. The molecule has 0 saturated heterocycles. The third kappa shape index (κ3) is 3.75. The lowest BCUT2D eigenvalue weighted by Gasteiger charge is -2.30. The second kappa shape index (κ2) is 7.10. The number of nitrogens with two attached hydrogens (primary N) is 1. The molecule has 1 aromatic carbocycles. The predicted molar refractivity (Wildman–Crippen MR) is 91.7 cm³/mol. The second-order valence-electron chi connectivity index (χ2n) is 6.75. The number of rotatable bonds is 3. The number of carboxylic acid groups (broad SMARTS) is 1. The first-order chi connectivity index (χ1) is 14.2. The van der Waals surface area contributed by atoms with E-state index >= 15 is 0 Å². The summed E-state index contributed by atoms with van der Waals surface area (Å²) in [5, 5.41) is 12.3. The van der Waals surface area contributed by atoms with Gasteiger partial charge in [-0.25, -0.2) is 9.18 Å². The fourth-order valence-electron chi connectivity index (χ4n) is 3.10. The van der Waals surface area contributed by atoms with Gasteiger partial charge in [-0.1, -0.05) is 5.16 Å². The van der Waals surface area contributed by atoms with Crippen LogP contribution in [0, 0.1) is 12.7 Å². The number of aromatic nitrogens is 1. The zero-order chi connectivity index (χ0) is 23.4. The van der Waals surface area contributed by atoms with Crippen LogP contribution in [0.15, 0.2) is 29.6 Å². The molecule has 31 heavy (non-hydrogen) atoms. The highest BCUT2D eigenvalue weighted by atomic mass is 19.4. The van der Waals surface area contributed by atoms with Gasteiger partial charge in [-0.3, -0.25) is 4.98 Å². The Hall–Kier alpha value is -3.38. The van der Waals surface area contributed by atoms with Crippen LogP contribution in [0.25, 0.3) is 0 Å². The molecule has 1 unspecified atom stereocenters. The van der Waals surface area contributed by atoms with Crippen LogP contribution in [-0.4, -0.2) is 27.9 Å². The Morgan fingerprint density at radius 3 is 2.35 bits per heavy atom. The summed E-state index contributed by atoms with van der Waals surface area (Å²) in [4.78, 5) is 19.3. The van der Waals surface area contributed by atoms with Crippen molar-refractivity contribution in [1.82, 2.24) is 4.98 Å². The molecule has 1 atom stereocenters. The van der Waals surface area contributed by atoms with Crippen molar-refractivity contribution in [1.29, 1.82) is 0 Å². The van der Waals surface area contributed by atoms with E-state index in [2.05, 4.69) is 15.0 Å². The standard InChI is InChI=1S/C18H12F7N3O3/c1-7-2-12(27-6-9(7)15(29)30)13-5-16(31-28-13,18(23,24)25)10-3-8(26)4-11(14(10)19)17(20,21)22/h2-4,6H,5,26H2,1H3,(H,29,30). The molecule has 2 aromatic rings. The molecule has 0 spiro atoms. The summed E-state index contributed by atoms with van der Waals surface area (Å²) in [7, 11) is 0. The number of benzene rings is 1. The van der Waals surface area contributed by atoms with E-state index < -0.39 is 58.7 Å². The fraction of sp³-hybridized carbons (Fsp3) is 0.278. The van der Waals surface area contributed by atoms with E-state index in [1.54, 1.807) is 0 Å². The number of halogens is 7. The molecule has 1 aromatic heterocycles. The van der Waals surface area contributed by atoms with Gasteiger partial charge in [0.05, 0.1) is 23.2 Å². The molecule has 2 heterocycles. The van der Waals surface area contributed by atoms with Gasteiger partial charge in [-0.15, -0.1) is 0 Å². The number of oxime groups is 1. The van der Waals surface area contributed by atoms with Gasteiger partial charge >= 0.3 is 18.3 Å². The smallest absolute Gasteiger partial charge is 0.435 e. The summed E-state index contributed by atoms with van der Waals surface area (Å²) in [5.41, 5.74) is -3.27. The van der Waals surface area contributed by atoms with E-state index in [0.717, 1.165) is 12.3 Å². The molecule has 1 aliphatic rings. The number of pyridine rings is 1. The van der Waals surface area contributed by atoms with E-state index in [1.807, 2.05) is 0 Å². The van der Waals surface area contributed by atoms with Crippen molar-refractivity contribution < 1.29 is 45.5 Å². The molecular weight excluding hydrogens is 439 g/mol. The van der Waals surface area contributed by atoms with Gasteiger partial charge in [0.2, 0.25) is 0 Å². The van der Waals surface area contributed by atoms with Crippen LogP contribution in [0.2, 0.25) is 0 Å². The number of alkyl halides is 6. The van der Waals surface area contributed by atoms with Crippen molar-refractivity contribution in [3.63, 3.8) is 0 Å². The molecule has 0 amide bonds. The number of nitrogens with zero attached hydrogens (tertiary/aromatic N) is 2. The normalized spacial score (nSPS) is 19.2. The Bertz CT molecular complexity index is 1100. The van der Waals surface area contributed by atoms with Crippen molar-refractivity contribution in [3.05, 3.63) is 58.2 Å². The highest BCUT2D eigenvalue weighted by molar-refractivity contribution is 6.01. The molecule has 0 radical (unpaired) electrons. The maximum Gasteiger partial charge on any atom is 0.435 e. The zero-order valence-electron chi connectivity index (χ0n) is 15.4. The lowest BCUT2D eigenvalue weighted by molar-refractivity contribution is -0.277. The van der Waals surface area contributed by atoms with Gasteiger partial charge in [0, 0.05) is 17.4 Å². The minimum absolute atomic E-state index is 0.138. The lowest BCUT2D eigenvalue weighted by atomic mass is 9.85. The Labute approximate surface area is 169 Å². The molecular formula is C18H12F7N3O3. The maximum atomic E-state index is 14.6. The minimum atomic E-state index is -5.40. The highest BCUT2D eigenvalue weighted by Gasteiger charge is 2.64. The van der Waals surface area contributed by atoms with Gasteiger partial charge < -0.3 is 15.7 Å². The summed E-state index contributed by atoms with van der Waals surface area (Å²) < 4.78 is 95.9. The van der Waals surface area contributed by atoms with E-state index in [1.165, 1.54) is 6.92 Å². The average Bonchev–Trinajstić information content (AvgIpc) is 3.08. The van der Waals surface area contributed by atoms with Crippen LogP contribution >= 0.6 is 0 Å². The summed E-state index contributed by atoms with van der Waals surface area (Å²) in [6.45, 7) is 1.36. The average molecular weight is 451 g/mol. The summed E-state index contributed by atoms with van der Waals surface area (Å²) in [5.74, 6) is -3.52. The molecule has 3 N–H and O–H groups in total. The van der Waals surface area contributed by atoms with E-state index in [-0.39, 0.29) is 22.9 Å². The Morgan fingerprint density at radius 2 is 1.84 bits per heavy atom. The molecule has 166 valence electrons. The summed E-state index contributed by atoms with van der Waals surface area (Å²) in [6.07, 6.45) is -11.0. The first-order valence-corrected chi connectivity index (χ1v) is 8.36. The number of carbonyl (C=O) groups is 1. The van der Waals surface area contributed by atoms with Crippen molar-refractivity contribution >= 4 is 17.4 Å². The van der Waals surface area contributed by atoms with Crippen molar-refractivity contribution in [2.75, 3.05) is 5.73 Å². The SMILES string of the molecule is Cc1cc(C2=NOC(c3cc(N)cc(C(F)(F)F)c3F)(C(F)(F)F)C2)ncc1C(=O)O. The number of aromatic carboxylic acids is 1. The summed E-state index contributed by atoms with van der Waals surface area (Å²) in [6, 6.07) is 1.70. The highest BCUT2D eigenvalue weighted by Crippen LogP contribution is 2.51. The van der Waals surface area contributed by atoms with Crippen LogP contribution in [-0.2, 0) is 16.6 Å². The van der Waals surface area contributed by atoms with Crippen molar-refractivity contribution in [2.45, 2.75) is 31.3 Å². The molecule has 6 nitrogen and oxygen atoms in total. The summed E-state index contributed by atoms with van der Waals surface area (Å²) >= 11 is 0. The van der Waals surface area contributed by atoms with Gasteiger partial charge in [-0.2, -0.15) is 26.3 Å². The maximum absolute atomic E-state index is 14.6. The van der Waals surface area contributed by atoms with Gasteiger partial charge in [-0.05, 0) is 30.7 Å². The molecule has 1 aliphatic heterocycles. The van der Waals surface area contributed by atoms with E-state index in [4.69, 9.17) is 10.8 Å². The van der Waals surface area contributed by atoms with Gasteiger partial charge in [0.25, 0.3) is 5.60 Å². The van der Waals surface area contributed by atoms with Crippen LogP contribution in [0.3, 0.4) is 0 Å². The van der Waals surface area contributed by atoms with Gasteiger partial charge in [0.1, 0.15) is 11.5 Å². The number of hydrogen-bond acceptors (Lipinski definition) is 5. The third-order valence-corrected chi connectivity index (χ3v) is 4.66. The predicted octanol–water partition coefficient (Wildman–Crippen LogP) is 4.41. The second-order valence-corrected chi connectivity index (χ2v) is 6.75. The van der Waals surface area contributed by atoms with Gasteiger partial charge in [0.15, 0.2) is 0 Å². The Balaban J connectivity index is 2.12. The Kier molecular flexibility index (Phi) is 5.11. The van der Waals surface area contributed by atoms with E-state index in [0.29, 0.717) is 6.07 Å². The monoisotopic (exact) mass is 451 g/mol. The molecule has 0 saturated carbocycles. The van der Waals surface area contributed by atoms with Crippen LogP contribution in [0.1, 0.15) is 39.2 Å². The number of nitrogen functional groups attached to an aromatic ring is 1. The molecule has 0 aliphatic carbocycles. The topological polar surface area (TPSA) is 97.8 Å². The zero-order valence-corrected chi connectivity index (χ0v) is 15.4. The molecule has 0 bridgehead atoms. The molecule has 13 heteroatoms. The number of carboxylic acids is 1. The van der Waals surface area contributed by atoms with Crippen molar-refractivity contribution in [2.24, 2.45) is 5.16 Å². The number of aryl methyl sites for hydroxylation is 1. The Morgan fingerprint density at radius 1 is 1.19 bits per heavy atom.